The van der Waals surface area contributed by atoms with E-state index in [0.29, 0.717) is 30.7 Å². The van der Waals surface area contributed by atoms with Crippen LogP contribution in [-0.2, 0) is 4.79 Å². The molecule has 1 aromatic carbocycles. The lowest BCUT2D eigenvalue weighted by molar-refractivity contribution is -0.112. The smallest absolute Gasteiger partial charge is 0.387 e. The molecule has 204 valence electrons. The third-order valence-corrected chi connectivity index (χ3v) is 7.82. The van der Waals surface area contributed by atoms with Crippen molar-refractivity contribution in [2.24, 2.45) is 11.8 Å². The van der Waals surface area contributed by atoms with E-state index in [1.165, 1.54) is 24.3 Å². The lowest BCUT2D eigenvalue weighted by atomic mass is 10.0. The monoisotopic (exact) mass is 566 g/mol. The highest BCUT2D eigenvalue weighted by Crippen LogP contribution is 2.41. The molecule has 2 atom stereocenters. The van der Waals surface area contributed by atoms with Crippen LogP contribution < -0.4 is 20.7 Å². The maximum atomic E-state index is 13.5. The van der Waals surface area contributed by atoms with Gasteiger partial charge in [0.05, 0.1) is 5.57 Å². The molecule has 2 saturated heterocycles. The molecule has 2 fully saturated rings. The third kappa shape index (κ3) is 5.77. The number of fused-ring (bicyclic) bond motifs is 1. The summed E-state index contributed by atoms with van der Waals surface area (Å²) in [7, 11) is 5.34. The van der Waals surface area contributed by atoms with Crippen molar-refractivity contribution in [3.63, 3.8) is 0 Å². The Labute approximate surface area is 228 Å². The first-order chi connectivity index (χ1) is 18.1. The van der Waals surface area contributed by atoms with Gasteiger partial charge < -0.3 is 30.5 Å². The Morgan fingerprint density at radius 3 is 2.45 bits per heavy atom. The van der Waals surface area contributed by atoms with Gasteiger partial charge in [0.25, 0.3) is 11.8 Å². The Morgan fingerprint density at radius 1 is 1.21 bits per heavy atom. The fraction of sp³-hybridized carbons (Fsp3) is 0.400. The summed E-state index contributed by atoms with van der Waals surface area (Å²) < 4.78 is 31.1. The van der Waals surface area contributed by atoms with Crippen molar-refractivity contribution in [1.82, 2.24) is 25.4 Å². The second-order valence-corrected chi connectivity index (χ2v) is 10.5. The number of halogens is 3. The van der Waals surface area contributed by atoms with Gasteiger partial charge in [-0.05, 0) is 37.1 Å². The second kappa shape index (κ2) is 11.7. The Bertz CT molecular complexity index is 1250. The van der Waals surface area contributed by atoms with Crippen molar-refractivity contribution in [3.8, 4) is 17.0 Å². The zero-order chi connectivity index (χ0) is 27.6. The molecule has 4 rings (SSSR count). The standard InChI is InChI=1S/C25H29ClF2N6O3S/c1-5-16(20(29-2)30-3)21(35)32-22-19(17-8-15(26)6-7-18(17)37-25(27)28)31-23(38-22)24(36)34-11-13-9-33(4)10-14(13)12-34/h5-8,13-14,25,29-30H,1,9-12H2,2-4H3,(H,32,35)/t13-,14+. The molecule has 2 aliphatic rings. The van der Waals surface area contributed by atoms with Crippen LogP contribution in [0, 0.1) is 11.8 Å². The average Bonchev–Trinajstić information content (AvgIpc) is 3.55. The molecule has 0 saturated carbocycles. The first-order valence-corrected chi connectivity index (χ1v) is 13.1. The maximum Gasteiger partial charge on any atom is 0.387 e. The van der Waals surface area contributed by atoms with Gasteiger partial charge in [-0.3, -0.25) is 9.59 Å². The van der Waals surface area contributed by atoms with E-state index in [9.17, 15) is 18.4 Å². The first-order valence-electron chi connectivity index (χ1n) is 11.9. The Morgan fingerprint density at radius 2 is 1.87 bits per heavy atom. The van der Waals surface area contributed by atoms with Crippen molar-refractivity contribution in [1.29, 1.82) is 0 Å². The SMILES string of the molecule is C=CC(C(=O)Nc1sc(C(=O)N2C[C@H]3CN(C)C[C@H]3C2)nc1-c1cc(Cl)ccc1OC(F)F)=C(NC)NC. The number of aromatic nitrogens is 1. The number of anilines is 1. The van der Waals surface area contributed by atoms with Crippen molar-refractivity contribution >= 4 is 39.8 Å². The number of carbonyl (C=O) groups excluding carboxylic acids is 2. The topological polar surface area (TPSA) is 98.8 Å². The number of carbonyl (C=O) groups is 2. The van der Waals surface area contributed by atoms with Gasteiger partial charge >= 0.3 is 6.61 Å². The minimum absolute atomic E-state index is 0.0999. The highest BCUT2D eigenvalue weighted by atomic mass is 35.5. The van der Waals surface area contributed by atoms with Crippen LogP contribution in [0.25, 0.3) is 11.3 Å². The Hall–Kier alpha value is -3.22. The molecular formula is C25H29ClF2N6O3S. The van der Waals surface area contributed by atoms with E-state index in [2.05, 4.69) is 39.5 Å². The van der Waals surface area contributed by atoms with Crippen LogP contribution in [-0.4, -0.2) is 80.5 Å². The minimum Gasteiger partial charge on any atom is -0.434 e. The second-order valence-electron chi connectivity index (χ2n) is 9.11. The summed E-state index contributed by atoms with van der Waals surface area (Å²) in [5.41, 5.74) is 0.423. The quantitative estimate of drug-likeness (QED) is 0.316. The third-order valence-electron chi connectivity index (χ3n) is 6.62. The van der Waals surface area contributed by atoms with Gasteiger partial charge in [0.15, 0.2) is 5.01 Å². The summed E-state index contributed by atoms with van der Waals surface area (Å²) >= 11 is 7.15. The highest BCUT2D eigenvalue weighted by molar-refractivity contribution is 7.18. The van der Waals surface area contributed by atoms with Crippen LogP contribution in [0.2, 0.25) is 5.02 Å². The van der Waals surface area contributed by atoms with Gasteiger partial charge in [0.1, 0.15) is 22.3 Å². The van der Waals surface area contributed by atoms with E-state index in [1.54, 1.807) is 19.0 Å². The number of hydrogen-bond donors (Lipinski definition) is 3. The summed E-state index contributed by atoms with van der Waals surface area (Å²) in [5.74, 6) is 0.190. The average molecular weight is 567 g/mol. The van der Waals surface area contributed by atoms with Gasteiger partial charge in [-0.25, -0.2) is 4.98 Å². The molecule has 0 unspecified atom stereocenters. The number of thiazole rings is 1. The maximum absolute atomic E-state index is 13.5. The predicted octanol–water partition coefficient (Wildman–Crippen LogP) is 3.47. The molecular weight excluding hydrogens is 538 g/mol. The van der Waals surface area contributed by atoms with Crippen molar-refractivity contribution < 1.29 is 23.1 Å². The molecule has 1 aromatic heterocycles. The fourth-order valence-corrected chi connectivity index (χ4v) is 6.08. The molecule has 38 heavy (non-hydrogen) atoms. The van der Waals surface area contributed by atoms with Crippen molar-refractivity contribution in [2.45, 2.75) is 6.61 Å². The zero-order valence-corrected chi connectivity index (χ0v) is 22.8. The summed E-state index contributed by atoms with van der Waals surface area (Å²) in [6.45, 7) is 3.67. The molecule has 9 nitrogen and oxygen atoms in total. The summed E-state index contributed by atoms with van der Waals surface area (Å²) in [6.07, 6.45) is 1.37. The number of likely N-dealkylation sites (tertiary alicyclic amines) is 2. The van der Waals surface area contributed by atoms with Crippen molar-refractivity contribution in [2.75, 3.05) is 52.6 Å². The molecule has 0 spiro atoms. The highest BCUT2D eigenvalue weighted by Gasteiger charge is 2.41. The number of nitrogens with zero attached hydrogens (tertiary/aromatic N) is 3. The number of amides is 2. The summed E-state index contributed by atoms with van der Waals surface area (Å²) in [6, 6.07) is 4.11. The Balaban J connectivity index is 1.74. The Kier molecular flexibility index (Phi) is 8.54. The van der Waals surface area contributed by atoms with Crippen LogP contribution in [0.1, 0.15) is 9.80 Å². The van der Waals surface area contributed by atoms with Gasteiger partial charge in [-0.2, -0.15) is 8.78 Å². The molecule has 2 aromatic rings. The molecule has 3 heterocycles. The molecule has 0 bridgehead atoms. The van der Waals surface area contributed by atoms with Crippen LogP contribution in [0.4, 0.5) is 13.8 Å². The van der Waals surface area contributed by atoms with E-state index in [4.69, 9.17) is 16.3 Å². The first kappa shape index (κ1) is 27.8. The van der Waals surface area contributed by atoms with Gasteiger partial charge in [0, 0.05) is 50.9 Å². The number of hydrogen-bond acceptors (Lipinski definition) is 8. The number of rotatable bonds is 9. The summed E-state index contributed by atoms with van der Waals surface area (Å²) in [5, 5.41) is 9.07. The van der Waals surface area contributed by atoms with Crippen LogP contribution in [0.15, 0.2) is 42.2 Å². The van der Waals surface area contributed by atoms with Gasteiger partial charge in [0.2, 0.25) is 0 Å². The molecule has 2 aliphatic heterocycles. The molecule has 2 amide bonds. The van der Waals surface area contributed by atoms with E-state index in [0.717, 1.165) is 24.4 Å². The van der Waals surface area contributed by atoms with Crippen molar-refractivity contribution in [3.05, 3.63) is 52.3 Å². The fourth-order valence-electron chi connectivity index (χ4n) is 4.97. The number of benzene rings is 1. The molecule has 0 radical (unpaired) electrons. The number of alkyl halides is 2. The van der Waals surface area contributed by atoms with Crippen LogP contribution >= 0.6 is 22.9 Å². The van der Waals surface area contributed by atoms with E-state index < -0.39 is 12.5 Å². The lowest BCUT2D eigenvalue weighted by Gasteiger charge is -2.18. The van der Waals surface area contributed by atoms with Gasteiger partial charge in [-0.15, -0.1) is 0 Å². The van der Waals surface area contributed by atoms with Crippen LogP contribution in [0.3, 0.4) is 0 Å². The number of ether oxygens (including phenoxy) is 1. The molecule has 0 aliphatic carbocycles. The normalized spacial score (nSPS) is 18.8. The summed E-state index contributed by atoms with van der Waals surface area (Å²) in [4.78, 5) is 35.2. The van der Waals surface area contributed by atoms with Crippen LogP contribution in [0.5, 0.6) is 5.75 Å². The van der Waals surface area contributed by atoms with E-state index in [1.807, 2.05) is 0 Å². The lowest BCUT2D eigenvalue weighted by Crippen LogP contribution is -2.32. The van der Waals surface area contributed by atoms with Gasteiger partial charge in [-0.1, -0.05) is 35.6 Å². The minimum atomic E-state index is -3.10. The number of nitrogens with one attached hydrogen (secondary N) is 3. The van der Waals surface area contributed by atoms with E-state index in [-0.39, 0.29) is 43.5 Å². The molecule has 13 heteroatoms. The predicted molar refractivity (Wildman–Crippen MR) is 144 cm³/mol. The largest absolute Gasteiger partial charge is 0.434 e. The molecule has 3 N–H and O–H groups in total. The zero-order valence-electron chi connectivity index (χ0n) is 21.2. The van der Waals surface area contributed by atoms with E-state index >= 15 is 0 Å².